The van der Waals surface area contributed by atoms with Crippen LogP contribution in [0, 0.1) is 0 Å². The zero-order valence-electron chi connectivity index (χ0n) is 14.3. The third kappa shape index (κ3) is 3.52. The van der Waals surface area contributed by atoms with Gasteiger partial charge in [-0.2, -0.15) is 0 Å². The average Bonchev–Trinajstić information content (AvgIpc) is 2.34. The molecule has 0 unspecified atom stereocenters. The van der Waals surface area contributed by atoms with Gasteiger partial charge in [-0.25, -0.2) is 0 Å². The first-order valence-corrected chi connectivity index (χ1v) is 7.90. The Kier molecular flexibility index (Phi) is 4.29. The number of hydrogen-bond acceptors (Lipinski definition) is 2. The number of benzene rings is 1. The molecule has 2 nitrogen and oxygen atoms in total. The lowest BCUT2D eigenvalue weighted by Gasteiger charge is -2.37. The minimum atomic E-state index is -0.889. The largest absolute Gasteiger partial charge is 0.427 e. The molecule has 0 aromatic heterocycles. The van der Waals surface area contributed by atoms with Gasteiger partial charge in [-0.3, -0.25) is 0 Å². The lowest BCUT2D eigenvalue weighted by Crippen LogP contribution is -2.49. The van der Waals surface area contributed by atoms with Gasteiger partial charge in [0.15, 0.2) is 0 Å². The quantitative estimate of drug-likeness (QED) is 0.862. The van der Waals surface area contributed by atoms with Crippen molar-refractivity contribution < 1.29 is 9.76 Å². The van der Waals surface area contributed by atoms with E-state index in [1.54, 1.807) is 21.3 Å². The predicted molar refractivity (Wildman–Crippen MR) is 89.3 cm³/mol. The van der Waals surface area contributed by atoms with Crippen LogP contribution in [0.2, 0.25) is 0 Å². The van der Waals surface area contributed by atoms with Crippen LogP contribution in [0.25, 0.3) is 0 Å². The lowest BCUT2D eigenvalue weighted by atomic mass is 9.71. The summed E-state index contributed by atoms with van der Waals surface area (Å²) in [6, 6.07) is 6.59. The fourth-order valence-electron chi connectivity index (χ4n) is 2.77. The monoisotopic (exact) mass is 287 g/mol. The van der Waals surface area contributed by atoms with E-state index in [4.69, 9.17) is 4.65 Å². The second-order valence-electron chi connectivity index (χ2n) is 7.96. The van der Waals surface area contributed by atoms with Gasteiger partial charge in [-0.1, -0.05) is 37.5 Å². The predicted octanol–water partition coefficient (Wildman–Crippen LogP) is 3.11. The molecule has 0 fully saturated rings. The van der Waals surface area contributed by atoms with Crippen molar-refractivity contribution in [2.75, 3.05) is 0 Å². The Hall–Kier alpha value is -0.795. The molecule has 1 N–H and O–H groups in total. The minimum Gasteiger partial charge on any atom is -0.427 e. The minimum absolute atomic E-state index is 0.277. The van der Waals surface area contributed by atoms with Crippen LogP contribution in [-0.4, -0.2) is 23.8 Å². The van der Waals surface area contributed by atoms with Crippen molar-refractivity contribution in [1.29, 1.82) is 0 Å². The van der Waals surface area contributed by atoms with Gasteiger partial charge >= 0.3 is 7.48 Å². The molecule has 0 heterocycles. The second-order valence-corrected chi connectivity index (χ2v) is 7.96. The maximum atomic E-state index is 10.1. The van der Waals surface area contributed by atoms with Crippen molar-refractivity contribution in [1.82, 2.24) is 0 Å². The Morgan fingerprint density at radius 1 is 1.19 bits per heavy atom. The van der Waals surface area contributed by atoms with Crippen LogP contribution in [0.5, 0.6) is 0 Å². The summed E-state index contributed by atoms with van der Waals surface area (Å²) in [6.45, 7) is 12.0. The van der Waals surface area contributed by atoms with Crippen molar-refractivity contribution in [3.8, 4) is 0 Å². The molecular formula is C18H28BO2. The normalized spacial score (nSPS) is 18.2. The summed E-state index contributed by atoms with van der Waals surface area (Å²) in [5.74, 6) is 0. The van der Waals surface area contributed by atoms with Gasteiger partial charge in [0.2, 0.25) is 0 Å². The van der Waals surface area contributed by atoms with Crippen molar-refractivity contribution in [3.05, 3.63) is 29.3 Å². The van der Waals surface area contributed by atoms with Crippen LogP contribution in [0.15, 0.2) is 18.2 Å². The molecule has 0 aliphatic heterocycles. The van der Waals surface area contributed by atoms with E-state index in [-0.39, 0.29) is 5.41 Å². The van der Waals surface area contributed by atoms with Crippen LogP contribution in [0.4, 0.5) is 0 Å². The van der Waals surface area contributed by atoms with Gasteiger partial charge in [0.1, 0.15) is 0 Å². The molecular weight excluding hydrogens is 259 g/mol. The molecule has 0 bridgehead atoms. The summed E-state index contributed by atoms with van der Waals surface area (Å²) in [5, 5.41) is 10.1. The highest BCUT2D eigenvalue weighted by Gasteiger charge is 2.36. The molecule has 115 valence electrons. The Morgan fingerprint density at radius 2 is 1.86 bits per heavy atom. The smallest absolute Gasteiger partial charge is 0.330 e. The van der Waals surface area contributed by atoms with E-state index >= 15 is 0 Å². The molecule has 0 spiro atoms. The van der Waals surface area contributed by atoms with E-state index in [2.05, 4.69) is 32.0 Å². The fraction of sp³-hybridized carbons (Fsp3) is 0.667. The Labute approximate surface area is 130 Å². The zero-order chi connectivity index (χ0) is 15.9. The third-order valence-electron chi connectivity index (χ3n) is 5.07. The molecule has 21 heavy (non-hydrogen) atoms. The topological polar surface area (TPSA) is 29.5 Å². The second kappa shape index (κ2) is 5.44. The maximum absolute atomic E-state index is 10.1. The molecule has 1 radical (unpaired) electrons. The van der Waals surface area contributed by atoms with Crippen molar-refractivity contribution >= 4 is 12.9 Å². The average molecular weight is 287 g/mol. The molecule has 0 amide bonds. The molecule has 3 heteroatoms. The summed E-state index contributed by atoms with van der Waals surface area (Å²) in [4.78, 5) is 0. The molecule has 0 atom stereocenters. The van der Waals surface area contributed by atoms with Gasteiger partial charge in [0.25, 0.3) is 0 Å². The van der Waals surface area contributed by atoms with Gasteiger partial charge < -0.3 is 9.76 Å². The van der Waals surface area contributed by atoms with E-state index < -0.39 is 11.2 Å². The number of hydrogen-bond donors (Lipinski definition) is 1. The highest BCUT2D eigenvalue weighted by molar-refractivity contribution is 6.47. The highest BCUT2D eigenvalue weighted by Crippen LogP contribution is 2.36. The van der Waals surface area contributed by atoms with Crippen LogP contribution in [-0.2, 0) is 16.5 Å². The van der Waals surface area contributed by atoms with E-state index in [0.29, 0.717) is 0 Å². The molecule has 2 rings (SSSR count). The van der Waals surface area contributed by atoms with E-state index in [1.165, 1.54) is 24.0 Å². The van der Waals surface area contributed by atoms with E-state index in [1.807, 2.05) is 13.8 Å². The highest BCUT2D eigenvalue weighted by atomic mass is 16.5. The molecule has 0 saturated heterocycles. The summed E-state index contributed by atoms with van der Waals surface area (Å²) >= 11 is 0. The summed E-state index contributed by atoms with van der Waals surface area (Å²) in [7, 11) is 1.78. The summed E-state index contributed by atoms with van der Waals surface area (Å²) in [5.41, 5.74) is 2.74. The maximum Gasteiger partial charge on any atom is 0.330 e. The molecule has 1 aromatic carbocycles. The first-order valence-electron chi connectivity index (χ1n) is 7.90. The van der Waals surface area contributed by atoms with Crippen LogP contribution < -0.4 is 5.46 Å². The van der Waals surface area contributed by atoms with Gasteiger partial charge in [-0.05, 0) is 63.5 Å². The SMILES string of the molecule is CC1(C)CCCc2cc([B]OC(C)(C)C(C)(C)O)ccc21. The number of aliphatic hydroxyl groups is 1. The summed E-state index contributed by atoms with van der Waals surface area (Å²) < 4.78 is 5.85. The molecule has 1 aliphatic rings. The van der Waals surface area contributed by atoms with E-state index in [0.717, 1.165) is 11.9 Å². The van der Waals surface area contributed by atoms with Crippen molar-refractivity contribution in [2.24, 2.45) is 0 Å². The first-order chi connectivity index (χ1) is 9.53. The molecule has 0 saturated carbocycles. The van der Waals surface area contributed by atoms with Crippen LogP contribution in [0.1, 0.15) is 65.5 Å². The van der Waals surface area contributed by atoms with Gasteiger partial charge in [0.05, 0.1) is 11.2 Å². The van der Waals surface area contributed by atoms with Gasteiger partial charge in [-0.15, -0.1) is 0 Å². The lowest BCUT2D eigenvalue weighted by molar-refractivity contribution is -0.0893. The third-order valence-corrected chi connectivity index (χ3v) is 5.07. The number of fused-ring (bicyclic) bond motifs is 1. The summed E-state index contributed by atoms with van der Waals surface area (Å²) in [6.07, 6.45) is 3.65. The molecule has 1 aromatic rings. The zero-order valence-corrected chi connectivity index (χ0v) is 14.3. The van der Waals surface area contributed by atoms with Crippen LogP contribution in [0.3, 0.4) is 0 Å². The number of aryl methyl sites for hydroxylation is 1. The van der Waals surface area contributed by atoms with Crippen molar-refractivity contribution in [2.45, 2.75) is 77.4 Å². The van der Waals surface area contributed by atoms with Crippen molar-refractivity contribution in [3.63, 3.8) is 0 Å². The fourth-order valence-corrected chi connectivity index (χ4v) is 2.77. The Bertz CT molecular complexity index is 512. The van der Waals surface area contributed by atoms with Crippen LogP contribution >= 0.6 is 0 Å². The van der Waals surface area contributed by atoms with E-state index in [9.17, 15) is 5.11 Å². The Balaban J connectivity index is 2.14. The number of rotatable bonds is 4. The Morgan fingerprint density at radius 3 is 2.48 bits per heavy atom. The first kappa shape index (κ1) is 16.6. The molecule has 1 aliphatic carbocycles. The standard InChI is InChI=1S/C18H28BO2/c1-16(2)11-7-8-13-12-14(9-10-15(13)16)19-21-18(5,6)17(3,4)20/h9-10,12,20H,7-8,11H2,1-6H3. The van der Waals surface area contributed by atoms with Gasteiger partial charge in [0, 0.05) is 0 Å².